The second-order valence-electron chi connectivity index (χ2n) is 12.1. The highest BCUT2D eigenvalue weighted by molar-refractivity contribution is 5.89. The van der Waals surface area contributed by atoms with Crippen LogP contribution in [0.4, 0.5) is 17.6 Å². The van der Waals surface area contributed by atoms with E-state index in [-0.39, 0.29) is 44.1 Å². The van der Waals surface area contributed by atoms with Gasteiger partial charge in [0.15, 0.2) is 22.8 Å². The number of aromatic nitrogens is 4. The summed E-state index contributed by atoms with van der Waals surface area (Å²) in [6, 6.07) is 10.0. The van der Waals surface area contributed by atoms with Gasteiger partial charge in [0.2, 0.25) is 5.95 Å². The van der Waals surface area contributed by atoms with Gasteiger partial charge in [-0.1, -0.05) is 30.3 Å². The molecule has 4 atom stereocenters. The van der Waals surface area contributed by atoms with Crippen LogP contribution in [0.3, 0.4) is 0 Å². The second kappa shape index (κ2) is 12.0. The molecule has 41 heavy (non-hydrogen) atoms. The minimum absolute atomic E-state index is 0.0184. The molecule has 0 radical (unpaired) electrons. The Hall–Kier alpha value is -3.12. The summed E-state index contributed by atoms with van der Waals surface area (Å²) in [5.74, 6) is 1.82. The quantitative estimate of drug-likeness (QED) is 0.419. The fourth-order valence-electron chi connectivity index (χ4n) is 5.83. The zero-order valence-corrected chi connectivity index (χ0v) is 25.0. The number of aliphatic hydroxyl groups excluding tert-OH is 1. The van der Waals surface area contributed by atoms with Gasteiger partial charge in [-0.15, -0.1) is 0 Å². The summed E-state index contributed by atoms with van der Waals surface area (Å²) in [6.07, 6.45) is 0.119. The molecule has 4 heterocycles. The van der Waals surface area contributed by atoms with Gasteiger partial charge in [0.25, 0.3) is 0 Å². The first-order valence-electron chi connectivity index (χ1n) is 14.5. The lowest BCUT2D eigenvalue weighted by molar-refractivity contribution is -0.00580. The number of aliphatic hydroxyl groups is 2. The molecule has 0 bridgehead atoms. The SMILES string of the molecule is C[C@@H]1CN(c2nc(N(CCO)CC(C)(C)O)c3nc(-c4ccccc4)c(N4C[C@@H](C)O[C@@H](C)C4)nc3n2)C[C@H](C)O1. The van der Waals surface area contributed by atoms with Crippen molar-refractivity contribution in [3.05, 3.63) is 30.3 Å². The lowest BCUT2D eigenvalue weighted by Gasteiger charge is -2.37. The maximum atomic E-state index is 10.8. The average molecular weight is 566 g/mol. The molecule has 3 aromatic rings. The largest absolute Gasteiger partial charge is 0.395 e. The van der Waals surface area contributed by atoms with Crippen molar-refractivity contribution in [2.24, 2.45) is 0 Å². The third kappa shape index (κ3) is 6.86. The lowest BCUT2D eigenvalue weighted by atomic mass is 10.1. The van der Waals surface area contributed by atoms with Gasteiger partial charge in [0.1, 0.15) is 5.69 Å². The molecule has 0 aliphatic carbocycles. The third-order valence-electron chi connectivity index (χ3n) is 7.20. The van der Waals surface area contributed by atoms with E-state index < -0.39 is 5.60 Å². The summed E-state index contributed by atoms with van der Waals surface area (Å²) in [4.78, 5) is 26.6. The molecule has 0 spiro atoms. The summed E-state index contributed by atoms with van der Waals surface area (Å²) >= 11 is 0. The molecule has 11 heteroatoms. The van der Waals surface area contributed by atoms with E-state index in [2.05, 4.69) is 23.6 Å². The molecule has 2 saturated heterocycles. The maximum Gasteiger partial charge on any atom is 0.229 e. The Morgan fingerprint density at radius 2 is 1.44 bits per heavy atom. The topological polar surface area (TPSA) is 120 Å². The molecule has 0 amide bonds. The first kappa shape index (κ1) is 29.4. The van der Waals surface area contributed by atoms with Gasteiger partial charge >= 0.3 is 0 Å². The van der Waals surface area contributed by atoms with Crippen LogP contribution in [0.25, 0.3) is 22.4 Å². The Balaban J connectivity index is 1.74. The van der Waals surface area contributed by atoms with Crippen molar-refractivity contribution in [3.63, 3.8) is 0 Å². The first-order valence-corrected chi connectivity index (χ1v) is 14.5. The van der Waals surface area contributed by atoms with Crippen LogP contribution in [0.15, 0.2) is 30.3 Å². The van der Waals surface area contributed by atoms with E-state index in [9.17, 15) is 10.2 Å². The van der Waals surface area contributed by atoms with E-state index in [1.54, 1.807) is 13.8 Å². The number of nitrogens with zero attached hydrogens (tertiary/aromatic N) is 7. The van der Waals surface area contributed by atoms with Crippen molar-refractivity contribution < 1.29 is 19.7 Å². The molecular formula is C30H43N7O4. The highest BCUT2D eigenvalue weighted by Gasteiger charge is 2.31. The molecule has 2 N–H and O–H groups in total. The number of morpholine rings is 2. The van der Waals surface area contributed by atoms with Gasteiger partial charge in [0, 0.05) is 44.8 Å². The van der Waals surface area contributed by atoms with Gasteiger partial charge in [-0.3, -0.25) is 0 Å². The minimum atomic E-state index is -1.04. The summed E-state index contributed by atoms with van der Waals surface area (Å²) < 4.78 is 12.0. The predicted octanol–water partition coefficient (Wildman–Crippen LogP) is 2.88. The Morgan fingerprint density at radius 3 is 2.00 bits per heavy atom. The van der Waals surface area contributed by atoms with Crippen LogP contribution >= 0.6 is 0 Å². The third-order valence-corrected chi connectivity index (χ3v) is 7.20. The molecule has 222 valence electrons. The van der Waals surface area contributed by atoms with Crippen molar-refractivity contribution in [2.75, 3.05) is 60.6 Å². The van der Waals surface area contributed by atoms with E-state index >= 15 is 0 Å². The molecule has 5 rings (SSSR count). The van der Waals surface area contributed by atoms with E-state index in [4.69, 9.17) is 29.4 Å². The van der Waals surface area contributed by atoms with E-state index in [0.717, 1.165) is 17.1 Å². The van der Waals surface area contributed by atoms with Crippen LogP contribution in [0, 0.1) is 0 Å². The van der Waals surface area contributed by atoms with E-state index in [1.807, 2.05) is 49.1 Å². The Morgan fingerprint density at radius 1 is 0.854 bits per heavy atom. The van der Waals surface area contributed by atoms with E-state index in [1.165, 1.54) is 0 Å². The van der Waals surface area contributed by atoms with Crippen LogP contribution in [0.1, 0.15) is 41.5 Å². The highest BCUT2D eigenvalue weighted by atomic mass is 16.5. The van der Waals surface area contributed by atoms with Crippen LogP contribution in [-0.4, -0.2) is 106 Å². The summed E-state index contributed by atoms with van der Waals surface area (Å²) in [7, 11) is 0. The van der Waals surface area contributed by atoms with Gasteiger partial charge < -0.3 is 34.4 Å². The van der Waals surface area contributed by atoms with Crippen LogP contribution in [-0.2, 0) is 9.47 Å². The molecular weight excluding hydrogens is 522 g/mol. The molecule has 11 nitrogen and oxygen atoms in total. The molecule has 2 aliphatic heterocycles. The number of benzene rings is 1. The van der Waals surface area contributed by atoms with Crippen molar-refractivity contribution in [1.82, 2.24) is 19.9 Å². The van der Waals surface area contributed by atoms with Crippen molar-refractivity contribution in [2.45, 2.75) is 71.6 Å². The van der Waals surface area contributed by atoms with Gasteiger partial charge in [-0.2, -0.15) is 9.97 Å². The highest BCUT2D eigenvalue weighted by Crippen LogP contribution is 2.35. The van der Waals surface area contributed by atoms with Crippen LogP contribution < -0.4 is 14.7 Å². The van der Waals surface area contributed by atoms with Gasteiger partial charge in [-0.05, 0) is 41.5 Å². The number of ether oxygens (including phenoxy) is 2. The van der Waals surface area contributed by atoms with Crippen LogP contribution in [0.2, 0.25) is 0 Å². The number of rotatable bonds is 8. The standard InChI is InChI=1S/C30H43N7O4/c1-19-14-36(15-20(2)40-19)27-24(23-10-8-7-9-11-23)31-25-26(32-27)33-29(37-16-21(3)41-22(4)17-37)34-28(25)35(12-13-38)18-30(5,6)39/h7-11,19-22,38-39H,12-18H2,1-6H3/t19-,20+,21-,22+. The fourth-order valence-corrected chi connectivity index (χ4v) is 5.83. The molecule has 0 saturated carbocycles. The molecule has 1 aromatic carbocycles. The van der Waals surface area contributed by atoms with E-state index in [0.29, 0.717) is 49.1 Å². The number of hydrogen-bond donors (Lipinski definition) is 2. The summed E-state index contributed by atoms with van der Waals surface area (Å²) in [5, 5.41) is 20.8. The lowest BCUT2D eigenvalue weighted by Crippen LogP contribution is -2.47. The zero-order chi connectivity index (χ0) is 29.3. The Labute approximate surface area is 242 Å². The van der Waals surface area contributed by atoms with Gasteiger partial charge in [0.05, 0.1) is 36.6 Å². The Kier molecular flexibility index (Phi) is 8.60. The number of hydrogen-bond acceptors (Lipinski definition) is 11. The summed E-state index contributed by atoms with van der Waals surface area (Å²) in [6.45, 7) is 14.8. The minimum Gasteiger partial charge on any atom is -0.395 e. The normalized spacial score (nSPS) is 23.7. The van der Waals surface area contributed by atoms with Crippen LogP contribution in [0.5, 0.6) is 0 Å². The Bertz CT molecular complexity index is 1320. The fraction of sp³-hybridized carbons (Fsp3) is 0.600. The second-order valence-corrected chi connectivity index (χ2v) is 12.1. The maximum absolute atomic E-state index is 10.8. The van der Waals surface area contributed by atoms with Crippen molar-refractivity contribution in [3.8, 4) is 11.3 Å². The van der Waals surface area contributed by atoms with Crippen molar-refractivity contribution >= 4 is 28.7 Å². The number of anilines is 3. The van der Waals surface area contributed by atoms with Crippen molar-refractivity contribution in [1.29, 1.82) is 0 Å². The molecule has 2 fully saturated rings. The molecule has 0 unspecified atom stereocenters. The predicted molar refractivity (Wildman–Crippen MR) is 161 cm³/mol. The number of fused-ring (bicyclic) bond motifs is 1. The molecule has 2 aromatic heterocycles. The monoisotopic (exact) mass is 565 g/mol. The average Bonchev–Trinajstić information content (AvgIpc) is 2.90. The zero-order valence-electron chi connectivity index (χ0n) is 25.0. The molecule has 2 aliphatic rings. The smallest absolute Gasteiger partial charge is 0.229 e. The summed E-state index contributed by atoms with van der Waals surface area (Å²) in [5.41, 5.74) is 1.63. The first-order chi connectivity index (χ1) is 19.5. The van der Waals surface area contributed by atoms with Gasteiger partial charge in [-0.25, -0.2) is 9.97 Å².